The molecule has 23 heavy (non-hydrogen) atoms. The van der Waals surface area contributed by atoms with Crippen LogP contribution < -0.4 is 5.32 Å². The molecule has 0 atom stereocenters. The molecule has 0 radical (unpaired) electrons. The highest BCUT2D eigenvalue weighted by molar-refractivity contribution is 7.22. The Morgan fingerprint density at radius 3 is 2.52 bits per heavy atom. The number of fused-ring (bicyclic) bond motifs is 1. The van der Waals surface area contributed by atoms with Crippen LogP contribution in [0.15, 0.2) is 18.2 Å². The minimum atomic E-state index is -0.220. The van der Waals surface area contributed by atoms with Crippen LogP contribution in [0.25, 0.3) is 10.2 Å². The Kier molecular flexibility index (Phi) is 3.93. The maximum absolute atomic E-state index is 12.4. The first-order valence-corrected chi connectivity index (χ1v) is 8.42. The van der Waals surface area contributed by atoms with E-state index in [2.05, 4.69) is 34.5 Å². The molecule has 0 saturated heterocycles. The second-order valence-electron chi connectivity index (χ2n) is 6.06. The number of carbonyl (C=O) groups excluding carboxylic acids is 1. The van der Waals surface area contributed by atoms with Crippen molar-refractivity contribution in [2.75, 3.05) is 5.32 Å². The fourth-order valence-electron chi connectivity index (χ4n) is 2.60. The van der Waals surface area contributed by atoms with E-state index < -0.39 is 0 Å². The van der Waals surface area contributed by atoms with Gasteiger partial charge in [-0.2, -0.15) is 5.10 Å². The number of hydrogen-bond acceptors (Lipinski definition) is 4. The lowest BCUT2D eigenvalue weighted by molar-refractivity contribution is 0.102. The molecule has 0 fully saturated rings. The summed E-state index contributed by atoms with van der Waals surface area (Å²) >= 11 is 1.50. The number of thiazole rings is 1. The molecule has 0 aliphatic heterocycles. The van der Waals surface area contributed by atoms with Crippen LogP contribution in [0.4, 0.5) is 5.13 Å². The number of nitrogens with one attached hydrogen (secondary N) is 1. The number of benzene rings is 1. The summed E-state index contributed by atoms with van der Waals surface area (Å²) < 4.78 is 2.96. The monoisotopic (exact) mass is 328 g/mol. The van der Waals surface area contributed by atoms with E-state index in [1.165, 1.54) is 16.9 Å². The van der Waals surface area contributed by atoms with Gasteiger partial charge >= 0.3 is 0 Å². The molecule has 0 spiro atoms. The van der Waals surface area contributed by atoms with Crippen molar-refractivity contribution in [2.45, 2.75) is 40.7 Å². The Labute approximate surface area is 139 Å². The number of amides is 1. The molecular formula is C17H20N4OS. The quantitative estimate of drug-likeness (QED) is 0.782. The molecule has 2 aromatic heterocycles. The van der Waals surface area contributed by atoms with Gasteiger partial charge in [-0.05, 0) is 51.8 Å². The number of carbonyl (C=O) groups is 1. The van der Waals surface area contributed by atoms with Gasteiger partial charge in [0.2, 0.25) is 0 Å². The zero-order valence-corrected chi connectivity index (χ0v) is 14.8. The van der Waals surface area contributed by atoms with Gasteiger partial charge in [0.25, 0.3) is 5.91 Å². The van der Waals surface area contributed by atoms with Gasteiger partial charge in [0, 0.05) is 11.7 Å². The van der Waals surface area contributed by atoms with Gasteiger partial charge in [-0.1, -0.05) is 23.5 Å². The second-order valence-corrected chi connectivity index (χ2v) is 7.06. The Hall–Kier alpha value is -2.21. The molecule has 0 aliphatic rings. The minimum absolute atomic E-state index is 0.220. The fourth-order valence-corrected chi connectivity index (χ4v) is 3.60. The van der Waals surface area contributed by atoms with Crippen LogP contribution >= 0.6 is 11.3 Å². The van der Waals surface area contributed by atoms with Crippen LogP contribution in [-0.4, -0.2) is 20.7 Å². The van der Waals surface area contributed by atoms with E-state index in [4.69, 9.17) is 0 Å². The molecular weight excluding hydrogens is 308 g/mol. The summed E-state index contributed by atoms with van der Waals surface area (Å²) in [6.45, 7) is 10.1. The molecule has 5 nitrogen and oxygen atoms in total. The third kappa shape index (κ3) is 2.86. The standard InChI is InChI=1S/C17H20N4OS/c1-9(2)21-12(5)8-13(20-21)16(22)19-17-18-14-10(3)6-7-11(4)15(14)23-17/h6-9H,1-5H3,(H,18,19,22). The Morgan fingerprint density at radius 1 is 1.22 bits per heavy atom. The number of anilines is 1. The second kappa shape index (κ2) is 5.77. The molecule has 120 valence electrons. The average Bonchev–Trinajstić information content (AvgIpc) is 3.07. The van der Waals surface area contributed by atoms with E-state index >= 15 is 0 Å². The number of aryl methyl sites for hydroxylation is 3. The zero-order valence-electron chi connectivity index (χ0n) is 14.0. The molecule has 1 aromatic carbocycles. The highest BCUT2D eigenvalue weighted by atomic mass is 32.1. The molecule has 3 rings (SSSR count). The predicted molar refractivity (Wildman–Crippen MR) is 94.4 cm³/mol. The van der Waals surface area contributed by atoms with Crippen LogP contribution in [0.1, 0.15) is 47.2 Å². The third-order valence-electron chi connectivity index (χ3n) is 3.81. The van der Waals surface area contributed by atoms with Crippen molar-refractivity contribution in [3.05, 3.63) is 40.7 Å². The van der Waals surface area contributed by atoms with Crippen LogP contribution in [0.3, 0.4) is 0 Å². The van der Waals surface area contributed by atoms with E-state index in [1.807, 2.05) is 32.4 Å². The van der Waals surface area contributed by atoms with E-state index in [9.17, 15) is 4.79 Å². The highest BCUT2D eigenvalue weighted by Gasteiger charge is 2.16. The number of nitrogens with zero attached hydrogens (tertiary/aromatic N) is 3. The van der Waals surface area contributed by atoms with Crippen LogP contribution in [0.5, 0.6) is 0 Å². The molecule has 1 amide bonds. The predicted octanol–water partition coefficient (Wildman–Crippen LogP) is 4.25. The molecule has 1 N–H and O–H groups in total. The van der Waals surface area contributed by atoms with Crippen molar-refractivity contribution in [1.82, 2.24) is 14.8 Å². The molecule has 0 unspecified atom stereocenters. The first kappa shape index (κ1) is 15.7. The molecule has 6 heteroatoms. The minimum Gasteiger partial charge on any atom is -0.296 e. The number of rotatable bonds is 3. The van der Waals surface area contributed by atoms with Crippen molar-refractivity contribution in [3.8, 4) is 0 Å². The summed E-state index contributed by atoms with van der Waals surface area (Å²) in [4.78, 5) is 17.0. The Bertz CT molecular complexity index is 853. The molecule has 0 aliphatic carbocycles. The first-order valence-electron chi connectivity index (χ1n) is 7.61. The summed E-state index contributed by atoms with van der Waals surface area (Å²) in [5.41, 5.74) is 4.63. The van der Waals surface area contributed by atoms with E-state index in [-0.39, 0.29) is 11.9 Å². The van der Waals surface area contributed by atoms with Gasteiger partial charge in [0.1, 0.15) is 0 Å². The first-order chi connectivity index (χ1) is 10.9. The zero-order chi connectivity index (χ0) is 16.7. The Balaban J connectivity index is 1.90. The normalized spacial score (nSPS) is 11.4. The topological polar surface area (TPSA) is 59.8 Å². The third-order valence-corrected chi connectivity index (χ3v) is 4.91. The van der Waals surface area contributed by atoms with E-state index in [0.717, 1.165) is 21.5 Å². The van der Waals surface area contributed by atoms with Crippen molar-refractivity contribution in [3.63, 3.8) is 0 Å². The van der Waals surface area contributed by atoms with Gasteiger partial charge in [0.15, 0.2) is 10.8 Å². The van der Waals surface area contributed by atoms with Crippen molar-refractivity contribution in [1.29, 1.82) is 0 Å². The SMILES string of the molecule is Cc1ccc(C)c2sc(NC(=O)c3cc(C)n(C(C)C)n3)nc12. The molecule has 0 bridgehead atoms. The fraction of sp³-hybridized carbons (Fsp3) is 0.353. The lowest BCUT2D eigenvalue weighted by Crippen LogP contribution is -2.13. The van der Waals surface area contributed by atoms with Crippen LogP contribution in [0.2, 0.25) is 0 Å². The van der Waals surface area contributed by atoms with Gasteiger partial charge < -0.3 is 0 Å². The lowest BCUT2D eigenvalue weighted by atomic mass is 10.1. The van der Waals surface area contributed by atoms with Crippen molar-refractivity contribution in [2.24, 2.45) is 0 Å². The summed E-state index contributed by atoms with van der Waals surface area (Å²) in [6, 6.07) is 6.16. The van der Waals surface area contributed by atoms with Gasteiger partial charge in [0.05, 0.1) is 10.2 Å². The smallest absolute Gasteiger partial charge is 0.277 e. The molecule has 0 saturated carbocycles. The van der Waals surface area contributed by atoms with Crippen LogP contribution in [-0.2, 0) is 0 Å². The maximum Gasteiger partial charge on any atom is 0.277 e. The highest BCUT2D eigenvalue weighted by Crippen LogP contribution is 2.31. The Morgan fingerprint density at radius 2 is 1.91 bits per heavy atom. The molecule has 3 aromatic rings. The summed E-state index contributed by atoms with van der Waals surface area (Å²) in [5, 5.41) is 7.86. The van der Waals surface area contributed by atoms with Gasteiger partial charge in [-0.3, -0.25) is 14.8 Å². The maximum atomic E-state index is 12.4. The summed E-state index contributed by atoms with van der Waals surface area (Å²) in [6.07, 6.45) is 0. The molecule has 2 heterocycles. The van der Waals surface area contributed by atoms with Crippen molar-refractivity contribution >= 4 is 32.6 Å². The average molecular weight is 328 g/mol. The van der Waals surface area contributed by atoms with Crippen molar-refractivity contribution < 1.29 is 4.79 Å². The summed E-state index contributed by atoms with van der Waals surface area (Å²) in [5.74, 6) is -0.220. The van der Waals surface area contributed by atoms with Crippen LogP contribution in [0, 0.1) is 20.8 Å². The van der Waals surface area contributed by atoms with E-state index in [0.29, 0.717) is 10.8 Å². The lowest BCUT2D eigenvalue weighted by Gasteiger charge is -2.06. The van der Waals surface area contributed by atoms with Gasteiger partial charge in [-0.15, -0.1) is 0 Å². The summed E-state index contributed by atoms with van der Waals surface area (Å²) in [7, 11) is 0. The number of hydrogen-bond donors (Lipinski definition) is 1. The largest absolute Gasteiger partial charge is 0.296 e. The number of aromatic nitrogens is 3. The van der Waals surface area contributed by atoms with E-state index in [1.54, 1.807) is 6.07 Å². The van der Waals surface area contributed by atoms with Gasteiger partial charge in [-0.25, -0.2) is 4.98 Å².